The van der Waals surface area contributed by atoms with Gasteiger partial charge in [-0.3, -0.25) is 14.9 Å². The molecule has 0 bridgehead atoms. The molecule has 1 aromatic carbocycles. The van der Waals surface area contributed by atoms with Crippen molar-refractivity contribution in [2.24, 2.45) is 0 Å². The summed E-state index contributed by atoms with van der Waals surface area (Å²) < 4.78 is 0. The largest absolute Gasteiger partial charge is 0.319 e. The van der Waals surface area contributed by atoms with Gasteiger partial charge in [-0.1, -0.05) is 29.3 Å². The first kappa shape index (κ1) is 14.2. The standard InChI is InChI=1S/C12H7Cl2N3O3/c13-10-5-4-9(11(14)16-10)15-12(18)7-2-1-3-8(6-7)17(19)20/h1-6H,(H,15,18). The van der Waals surface area contributed by atoms with Gasteiger partial charge in [-0.05, 0) is 18.2 Å². The fourth-order valence-electron chi connectivity index (χ4n) is 1.46. The number of anilines is 1. The Labute approximate surface area is 123 Å². The summed E-state index contributed by atoms with van der Waals surface area (Å²) in [7, 11) is 0. The van der Waals surface area contributed by atoms with Crippen LogP contribution < -0.4 is 5.32 Å². The highest BCUT2D eigenvalue weighted by atomic mass is 35.5. The third-order valence-electron chi connectivity index (χ3n) is 2.38. The van der Waals surface area contributed by atoms with Crippen LogP contribution in [0.15, 0.2) is 36.4 Å². The fraction of sp³-hybridized carbons (Fsp3) is 0. The highest BCUT2D eigenvalue weighted by molar-refractivity contribution is 6.34. The van der Waals surface area contributed by atoms with E-state index in [0.717, 1.165) is 0 Å². The Balaban J connectivity index is 2.24. The molecule has 20 heavy (non-hydrogen) atoms. The topological polar surface area (TPSA) is 85.1 Å². The molecule has 0 fully saturated rings. The Bertz CT molecular complexity index is 691. The average molecular weight is 312 g/mol. The van der Waals surface area contributed by atoms with Crippen LogP contribution in [0.25, 0.3) is 0 Å². The smallest absolute Gasteiger partial charge is 0.270 e. The Kier molecular flexibility index (Phi) is 4.16. The first-order valence-corrected chi connectivity index (χ1v) is 6.11. The van der Waals surface area contributed by atoms with E-state index in [-0.39, 0.29) is 27.2 Å². The van der Waals surface area contributed by atoms with Crippen molar-refractivity contribution in [1.29, 1.82) is 0 Å². The summed E-state index contributed by atoms with van der Waals surface area (Å²) >= 11 is 11.5. The molecule has 1 aromatic heterocycles. The number of carbonyl (C=O) groups excluding carboxylic acids is 1. The molecule has 2 aromatic rings. The molecule has 8 heteroatoms. The quantitative estimate of drug-likeness (QED) is 0.533. The minimum absolute atomic E-state index is 0.0382. The summed E-state index contributed by atoms with van der Waals surface area (Å²) in [5.74, 6) is -0.528. The number of non-ortho nitro benzene ring substituents is 1. The molecule has 1 amide bonds. The number of carbonyl (C=O) groups is 1. The first-order valence-electron chi connectivity index (χ1n) is 5.35. The molecule has 1 heterocycles. The van der Waals surface area contributed by atoms with Crippen LogP contribution in [0.3, 0.4) is 0 Å². The van der Waals surface area contributed by atoms with E-state index in [1.165, 1.54) is 36.4 Å². The number of halogens is 2. The molecule has 0 saturated carbocycles. The maximum atomic E-state index is 12.0. The van der Waals surface area contributed by atoms with E-state index in [1.54, 1.807) is 0 Å². The zero-order valence-corrected chi connectivity index (χ0v) is 11.4. The molecule has 0 aliphatic carbocycles. The molecule has 0 saturated heterocycles. The number of rotatable bonds is 3. The molecule has 6 nitrogen and oxygen atoms in total. The SMILES string of the molecule is O=C(Nc1ccc(Cl)nc1Cl)c1cccc([N+](=O)[O-])c1. The van der Waals surface area contributed by atoms with Crippen LogP contribution in [-0.4, -0.2) is 15.8 Å². The van der Waals surface area contributed by atoms with Gasteiger partial charge in [0.2, 0.25) is 0 Å². The monoisotopic (exact) mass is 311 g/mol. The Morgan fingerprint density at radius 3 is 2.65 bits per heavy atom. The minimum Gasteiger partial charge on any atom is -0.319 e. The molecule has 102 valence electrons. The lowest BCUT2D eigenvalue weighted by Crippen LogP contribution is -2.12. The number of benzene rings is 1. The Hall–Kier alpha value is -2.18. The fourth-order valence-corrected chi connectivity index (χ4v) is 1.85. The van der Waals surface area contributed by atoms with E-state index < -0.39 is 10.8 Å². The van der Waals surface area contributed by atoms with Crippen LogP contribution in [0, 0.1) is 10.1 Å². The van der Waals surface area contributed by atoms with Crippen molar-refractivity contribution < 1.29 is 9.72 Å². The van der Waals surface area contributed by atoms with Crippen molar-refractivity contribution in [3.05, 3.63) is 62.4 Å². The van der Waals surface area contributed by atoms with Crippen LogP contribution in [0.4, 0.5) is 11.4 Å². The second kappa shape index (κ2) is 5.85. The van der Waals surface area contributed by atoms with Gasteiger partial charge >= 0.3 is 0 Å². The third-order valence-corrected chi connectivity index (χ3v) is 2.88. The molecular weight excluding hydrogens is 305 g/mol. The molecule has 0 atom stereocenters. The summed E-state index contributed by atoms with van der Waals surface area (Å²) in [5, 5.41) is 13.4. The molecule has 0 spiro atoms. The van der Waals surface area contributed by atoms with Crippen LogP contribution in [-0.2, 0) is 0 Å². The van der Waals surface area contributed by atoms with Gasteiger partial charge in [0.15, 0.2) is 5.15 Å². The van der Waals surface area contributed by atoms with Gasteiger partial charge in [0.25, 0.3) is 11.6 Å². The van der Waals surface area contributed by atoms with E-state index in [1.807, 2.05) is 0 Å². The molecule has 1 N–H and O–H groups in total. The summed E-state index contributed by atoms with van der Waals surface area (Å²) in [4.78, 5) is 25.8. The first-order chi connectivity index (χ1) is 9.47. The van der Waals surface area contributed by atoms with Crippen LogP contribution >= 0.6 is 23.2 Å². The number of amides is 1. The average Bonchev–Trinajstić information content (AvgIpc) is 2.42. The maximum absolute atomic E-state index is 12.0. The minimum atomic E-state index is -0.576. The molecule has 0 aliphatic rings. The third kappa shape index (κ3) is 3.23. The number of pyridine rings is 1. The number of nitro benzene ring substituents is 1. The van der Waals surface area contributed by atoms with E-state index in [0.29, 0.717) is 0 Å². The Morgan fingerprint density at radius 1 is 1.25 bits per heavy atom. The lowest BCUT2D eigenvalue weighted by Gasteiger charge is -2.06. The van der Waals surface area contributed by atoms with E-state index in [9.17, 15) is 14.9 Å². The van der Waals surface area contributed by atoms with E-state index in [2.05, 4.69) is 10.3 Å². The van der Waals surface area contributed by atoms with Gasteiger partial charge in [-0.25, -0.2) is 4.98 Å². The Morgan fingerprint density at radius 2 is 2.00 bits per heavy atom. The zero-order valence-electron chi connectivity index (χ0n) is 9.84. The second-order valence-electron chi connectivity index (χ2n) is 3.73. The molecule has 0 aliphatic heterocycles. The second-order valence-corrected chi connectivity index (χ2v) is 4.48. The lowest BCUT2D eigenvalue weighted by molar-refractivity contribution is -0.384. The summed E-state index contributed by atoms with van der Waals surface area (Å²) in [6, 6.07) is 8.32. The highest BCUT2D eigenvalue weighted by Crippen LogP contribution is 2.22. The van der Waals surface area contributed by atoms with Crippen molar-refractivity contribution >= 4 is 40.5 Å². The van der Waals surface area contributed by atoms with Gasteiger partial charge < -0.3 is 5.32 Å². The van der Waals surface area contributed by atoms with Crippen LogP contribution in [0.2, 0.25) is 10.3 Å². The number of aromatic nitrogens is 1. The lowest BCUT2D eigenvalue weighted by atomic mass is 10.2. The van der Waals surface area contributed by atoms with Gasteiger partial charge in [0.05, 0.1) is 10.6 Å². The molecule has 2 rings (SSSR count). The van der Waals surface area contributed by atoms with Crippen molar-refractivity contribution in [1.82, 2.24) is 4.98 Å². The summed E-state index contributed by atoms with van der Waals surface area (Å²) in [5.41, 5.74) is 0.246. The molecule has 0 radical (unpaired) electrons. The van der Waals surface area contributed by atoms with E-state index >= 15 is 0 Å². The maximum Gasteiger partial charge on any atom is 0.270 e. The molecular formula is C12H7Cl2N3O3. The summed E-state index contributed by atoms with van der Waals surface area (Å²) in [6.45, 7) is 0. The molecule has 0 unspecified atom stereocenters. The predicted octanol–water partition coefficient (Wildman–Crippen LogP) is 3.55. The van der Waals surface area contributed by atoms with Crippen molar-refractivity contribution in [3.8, 4) is 0 Å². The number of nitrogens with zero attached hydrogens (tertiary/aromatic N) is 2. The normalized spacial score (nSPS) is 10.1. The summed E-state index contributed by atoms with van der Waals surface area (Å²) in [6.07, 6.45) is 0. The van der Waals surface area contributed by atoms with Crippen LogP contribution in [0.5, 0.6) is 0 Å². The van der Waals surface area contributed by atoms with Gasteiger partial charge in [0.1, 0.15) is 5.15 Å². The number of nitrogens with one attached hydrogen (secondary N) is 1. The highest BCUT2D eigenvalue weighted by Gasteiger charge is 2.13. The number of nitro groups is 1. The van der Waals surface area contributed by atoms with Gasteiger partial charge in [-0.2, -0.15) is 0 Å². The number of hydrogen-bond acceptors (Lipinski definition) is 4. The zero-order chi connectivity index (χ0) is 14.7. The van der Waals surface area contributed by atoms with Crippen molar-refractivity contribution in [2.45, 2.75) is 0 Å². The van der Waals surface area contributed by atoms with Crippen LogP contribution in [0.1, 0.15) is 10.4 Å². The van der Waals surface area contributed by atoms with Gasteiger partial charge in [-0.15, -0.1) is 0 Å². The van der Waals surface area contributed by atoms with Gasteiger partial charge in [0, 0.05) is 17.7 Å². The van der Waals surface area contributed by atoms with E-state index in [4.69, 9.17) is 23.2 Å². The van der Waals surface area contributed by atoms with Crippen molar-refractivity contribution in [3.63, 3.8) is 0 Å². The number of hydrogen-bond donors (Lipinski definition) is 1. The predicted molar refractivity (Wildman–Crippen MR) is 75.3 cm³/mol. The van der Waals surface area contributed by atoms with Crippen molar-refractivity contribution in [2.75, 3.05) is 5.32 Å².